The van der Waals surface area contributed by atoms with E-state index in [4.69, 9.17) is 8.83 Å². The molecule has 4 rings (SSSR count). The molecule has 1 aromatic carbocycles. The van der Waals surface area contributed by atoms with Gasteiger partial charge < -0.3 is 19.5 Å². The summed E-state index contributed by atoms with van der Waals surface area (Å²) in [7, 11) is 0. The van der Waals surface area contributed by atoms with Gasteiger partial charge in [0.15, 0.2) is 11.8 Å². The first-order valence-corrected chi connectivity index (χ1v) is 11.3. The first kappa shape index (κ1) is 23.3. The predicted molar refractivity (Wildman–Crippen MR) is 121 cm³/mol. The van der Waals surface area contributed by atoms with Gasteiger partial charge in [0.1, 0.15) is 11.6 Å². The van der Waals surface area contributed by atoms with Gasteiger partial charge in [-0.05, 0) is 61.4 Å². The molecule has 2 aromatic heterocycles. The summed E-state index contributed by atoms with van der Waals surface area (Å²) >= 11 is 0. The fourth-order valence-corrected chi connectivity index (χ4v) is 4.12. The Kier molecular flexibility index (Phi) is 7.41. The summed E-state index contributed by atoms with van der Waals surface area (Å²) < 4.78 is 24.2. The van der Waals surface area contributed by atoms with Gasteiger partial charge in [-0.15, -0.1) is 0 Å². The molecule has 34 heavy (non-hydrogen) atoms. The van der Waals surface area contributed by atoms with Crippen LogP contribution in [0.1, 0.15) is 54.5 Å². The smallest absolute Gasteiger partial charge is 0.287 e. The number of halogens is 1. The number of amides is 3. The van der Waals surface area contributed by atoms with Crippen LogP contribution in [-0.2, 0) is 9.59 Å². The van der Waals surface area contributed by atoms with Gasteiger partial charge in [0.2, 0.25) is 5.91 Å². The van der Waals surface area contributed by atoms with Gasteiger partial charge in [-0.3, -0.25) is 19.3 Å². The first-order valence-electron chi connectivity index (χ1n) is 11.3. The Morgan fingerprint density at radius 2 is 1.68 bits per heavy atom. The van der Waals surface area contributed by atoms with Gasteiger partial charge in [0.25, 0.3) is 11.8 Å². The highest BCUT2D eigenvalue weighted by Crippen LogP contribution is 2.29. The normalized spacial score (nSPS) is 14.9. The fraction of sp³-hybridized carbons (Fsp3) is 0.320. The summed E-state index contributed by atoms with van der Waals surface area (Å²) in [4.78, 5) is 40.4. The molecule has 0 aliphatic heterocycles. The van der Waals surface area contributed by atoms with Crippen LogP contribution in [-0.4, -0.2) is 30.3 Å². The van der Waals surface area contributed by atoms with E-state index in [1.165, 1.54) is 47.8 Å². The molecule has 0 saturated heterocycles. The zero-order valence-electron chi connectivity index (χ0n) is 18.5. The van der Waals surface area contributed by atoms with Gasteiger partial charge in [0.05, 0.1) is 19.1 Å². The molecule has 1 aliphatic carbocycles. The van der Waals surface area contributed by atoms with Crippen molar-refractivity contribution in [1.29, 1.82) is 0 Å². The quantitative estimate of drug-likeness (QED) is 0.522. The second-order valence-electron chi connectivity index (χ2n) is 8.16. The Balaban J connectivity index is 1.62. The standard InChI is InChI=1S/C25H26FN3O5/c26-17-10-12-19(13-11-17)29(22(30)16-27-24(31)21-9-5-15-34-21)23(20-8-4-14-33-20)25(32)28-18-6-2-1-3-7-18/h4-5,8-15,18,23H,1-3,6-7,16H2,(H,27,31)(H,28,32). The van der Waals surface area contributed by atoms with Crippen LogP contribution in [0.3, 0.4) is 0 Å². The Bertz CT molecular complexity index is 1090. The van der Waals surface area contributed by atoms with Crippen LogP contribution in [0.25, 0.3) is 0 Å². The molecule has 3 amide bonds. The van der Waals surface area contributed by atoms with Crippen molar-refractivity contribution in [3.05, 3.63) is 78.4 Å². The average Bonchev–Trinajstić information content (AvgIpc) is 3.57. The van der Waals surface area contributed by atoms with Gasteiger partial charge in [-0.25, -0.2) is 4.39 Å². The van der Waals surface area contributed by atoms with Crippen molar-refractivity contribution in [3.8, 4) is 0 Å². The summed E-state index contributed by atoms with van der Waals surface area (Å²) in [5.74, 6) is -1.73. The fourth-order valence-electron chi connectivity index (χ4n) is 4.12. The zero-order chi connectivity index (χ0) is 23.9. The van der Waals surface area contributed by atoms with Crippen molar-refractivity contribution >= 4 is 23.4 Å². The molecule has 1 atom stereocenters. The summed E-state index contributed by atoms with van der Waals surface area (Å²) in [6, 6.07) is 10.4. The van der Waals surface area contributed by atoms with E-state index < -0.39 is 36.1 Å². The molecule has 178 valence electrons. The van der Waals surface area contributed by atoms with E-state index in [2.05, 4.69) is 10.6 Å². The number of hydrogen-bond acceptors (Lipinski definition) is 5. The highest BCUT2D eigenvalue weighted by molar-refractivity contribution is 6.04. The molecule has 0 spiro atoms. The molecule has 2 heterocycles. The topological polar surface area (TPSA) is 105 Å². The molecule has 1 fully saturated rings. The minimum absolute atomic E-state index is 0.00235. The number of hydrogen-bond donors (Lipinski definition) is 2. The molecule has 3 aromatic rings. The molecule has 1 aliphatic rings. The van der Waals surface area contributed by atoms with Crippen molar-refractivity contribution in [3.63, 3.8) is 0 Å². The van der Waals surface area contributed by atoms with Crippen molar-refractivity contribution in [2.45, 2.75) is 44.2 Å². The number of carbonyl (C=O) groups is 3. The predicted octanol–water partition coefficient (Wildman–Crippen LogP) is 3.96. The van der Waals surface area contributed by atoms with Crippen LogP contribution >= 0.6 is 0 Å². The highest BCUT2D eigenvalue weighted by Gasteiger charge is 2.36. The number of furan rings is 2. The van der Waals surface area contributed by atoms with E-state index in [1.54, 1.807) is 18.2 Å². The molecular weight excluding hydrogens is 441 g/mol. The van der Waals surface area contributed by atoms with Crippen molar-refractivity contribution in [2.24, 2.45) is 0 Å². The SMILES string of the molecule is O=C(NCC(=O)N(c1ccc(F)cc1)C(C(=O)NC1CCCCC1)c1ccco1)c1ccco1. The Morgan fingerprint density at radius 1 is 0.971 bits per heavy atom. The number of anilines is 1. The van der Waals surface area contributed by atoms with E-state index in [-0.39, 0.29) is 17.6 Å². The Hall–Kier alpha value is -3.88. The van der Waals surface area contributed by atoms with Gasteiger partial charge in [-0.1, -0.05) is 19.3 Å². The van der Waals surface area contributed by atoms with Gasteiger partial charge >= 0.3 is 0 Å². The largest absolute Gasteiger partial charge is 0.467 e. The van der Waals surface area contributed by atoms with Gasteiger partial charge in [-0.2, -0.15) is 0 Å². The Morgan fingerprint density at radius 3 is 2.32 bits per heavy atom. The average molecular weight is 467 g/mol. The van der Waals surface area contributed by atoms with Crippen molar-refractivity contribution in [1.82, 2.24) is 10.6 Å². The van der Waals surface area contributed by atoms with E-state index in [0.29, 0.717) is 5.69 Å². The van der Waals surface area contributed by atoms with E-state index >= 15 is 0 Å². The van der Waals surface area contributed by atoms with Crippen LogP contribution in [0.15, 0.2) is 69.9 Å². The molecule has 1 saturated carbocycles. The lowest BCUT2D eigenvalue weighted by Gasteiger charge is -2.32. The van der Waals surface area contributed by atoms with Gasteiger partial charge in [0, 0.05) is 11.7 Å². The summed E-state index contributed by atoms with van der Waals surface area (Å²) in [5, 5.41) is 5.55. The summed E-state index contributed by atoms with van der Waals surface area (Å²) in [6.07, 6.45) is 7.67. The third kappa shape index (κ3) is 5.54. The van der Waals surface area contributed by atoms with Crippen LogP contribution in [0.4, 0.5) is 10.1 Å². The van der Waals surface area contributed by atoms with Crippen molar-refractivity contribution < 1.29 is 27.6 Å². The van der Waals surface area contributed by atoms with E-state index in [9.17, 15) is 18.8 Å². The maximum Gasteiger partial charge on any atom is 0.287 e. The second-order valence-corrected chi connectivity index (χ2v) is 8.16. The first-order chi connectivity index (χ1) is 16.5. The van der Waals surface area contributed by atoms with Crippen LogP contribution in [0, 0.1) is 5.82 Å². The third-order valence-corrected chi connectivity index (χ3v) is 5.79. The monoisotopic (exact) mass is 467 g/mol. The number of nitrogens with one attached hydrogen (secondary N) is 2. The lowest BCUT2D eigenvalue weighted by molar-refractivity contribution is -0.127. The maximum atomic E-state index is 13.6. The third-order valence-electron chi connectivity index (χ3n) is 5.79. The molecule has 8 nitrogen and oxygen atoms in total. The highest BCUT2D eigenvalue weighted by atomic mass is 19.1. The lowest BCUT2D eigenvalue weighted by atomic mass is 9.95. The van der Waals surface area contributed by atoms with Crippen molar-refractivity contribution in [2.75, 3.05) is 11.4 Å². The summed E-state index contributed by atoms with van der Waals surface area (Å²) in [6.45, 7) is -0.412. The van der Waals surface area contributed by atoms with Crippen LogP contribution < -0.4 is 15.5 Å². The summed E-state index contributed by atoms with van der Waals surface area (Å²) in [5.41, 5.74) is 0.291. The number of nitrogens with zero attached hydrogens (tertiary/aromatic N) is 1. The minimum atomic E-state index is -1.14. The number of benzene rings is 1. The molecule has 0 radical (unpaired) electrons. The molecular formula is C25H26FN3O5. The van der Waals surface area contributed by atoms with E-state index in [0.717, 1.165) is 32.1 Å². The maximum absolute atomic E-state index is 13.6. The molecule has 9 heteroatoms. The second kappa shape index (κ2) is 10.8. The molecule has 1 unspecified atom stereocenters. The number of carbonyl (C=O) groups excluding carboxylic acids is 3. The minimum Gasteiger partial charge on any atom is -0.467 e. The van der Waals surface area contributed by atoms with Crippen LogP contribution in [0.2, 0.25) is 0 Å². The van der Waals surface area contributed by atoms with E-state index in [1.807, 2.05) is 0 Å². The zero-order valence-corrected chi connectivity index (χ0v) is 18.5. The number of rotatable bonds is 8. The van der Waals surface area contributed by atoms with Crippen LogP contribution in [0.5, 0.6) is 0 Å². The molecule has 2 N–H and O–H groups in total. The lowest BCUT2D eigenvalue weighted by Crippen LogP contribution is -2.49. The molecule has 0 bridgehead atoms. The Labute approximate surface area is 196 Å².